The molecule has 1 aromatic rings. The molecule has 4 nitrogen and oxygen atoms in total. The van der Waals surface area contributed by atoms with E-state index in [2.05, 4.69) is 9.88 Å². The van der Waals surface area contributed by atoms with Crippen LogP contribution in [-0.2, 0) is 0 Å². The topological polar surface area (TPSA) is 53.4 Å². The van der Waals surface area contributed by atoms with Crippen molar-refractivity contribution in [2.45, 2.75) is 31.8 Å². The number of carbonyl (C=O) groups excluding carboxylic acids is 1. The van der Waals surface area contributed by atoms with Crippen LogP contribution in [-0.4, -0.2) is 46.5 Å². The number of aromatic nitrogens is 1. The van der Waals surface area contributed by atoms with Gasteiger partial charge >= 0.3 is 0 Å². The Hall–Kier alpha value is -1.26. The van der Waals surface area contributed by atoms with Gasteiger partial charge in [0.2, 0.25) is 0 Å². The zero-order valence-corrected chi connectivity index (χ0v) is 10.6. The molecule has 0 saturated carbocycles. The Morgan fingerprint density at radius 3 is 3.06 bits per heavy atom. The number of unbranched alkanes of at least 4 members (excludes halogenated alkanes) is 1. The van der Waals surface area contributed by atoms with Crippen LogP contribution in [0.5, 0.6) is 0 Å². The number of rotatable bonds is 6. The van der Waals surface area contributed by atoms with E-state index in [-0.39, 0.29) is 11.9 Å². The summed E-state index contributed by atoms with van der Waals surface area (Å²) in [6.45, 7) is 2.76. The van der Waals surface area contributed by atoms with E-state index in [0.29, 0.717) is 12.0 Å². The van der Waals surface area contributed by atoms with Crippen molar-refractivity contribution in [2.24, 2.45) is 0 Å². The molecular formula is C14H20N2O2. The van der Waals surface area contributed by atoms with Crippen LogP contribution in [0.2, 0.25) is 0 Å². The summed E-state index contributed by atoms with van der Waals surface area (Å²) in [5, 5.41) is 9.39. The van der Waals surface area contributed by atoms with Crippen molar-refractivity contribution >= 4 is 5.78 Å². The van der Waals surface area contributed by atoms with E-state index in [1.54, 1.807) is 18.5 Å². The second-order valence-corrected chi connectivity index (χ2v) is 4.87. The SMILES string of the molecule is O=C(CCCCN1CC[C@H](O)C1)c1cccnc1. The highest BCUT2D eigenvalue weighted by molar-refractivity contribution is 5.95. The van der Waals surface area contributed by atoms with Gasteiger partial charge in [0.25, 0.3) is 0 Å². The summed E-state index contributed by atoms with van der Waals surface area (Å²) in [7, 11) is 0. The van der Waals surface area contributed by atoms with Gasteiger partial charge in [-0.2, -0.15) is 0 Å². The molecule has 0 bridgehead atoms. The van der Waals surface area contributed by atoms with Crippen molar-refractivity contribution in [2.75, 3.05) is 19.6 Å². The number of pyridine rings is 1. The molecule has 0 radical (unpaired) electrons. The third kappa shape index (κ3) is 3.89. The number of nitrogens with zero attached hydrogens (tertiary/aromatic N) is 2. The van der Waals surface area contributed by atoms with E-state index >= 15 is 0 Å². The van der Waals surface area contributed by atoms with Gasteiger partial charge in [-0.1, -0.05) is 0 Å². The lowest BCUT2D eigenvalue weighted by molar-refractivity contribution is 0.0977. The first-order valence-corrected chi connectivity index (χ1v) is 6.59. The van der Waals surface area contributed by atoms with Crippen LogP contribution in [0.15, 0.2) is 24.5 Å². The molecule has 0 aliphatic carbocycles. The Balaban J connectivity index is 1.62. The van der Waals surface area contributed by atoms with Crippen molar-refractivity contribution in [1.29, 1.82) is 0 Å². The standard InChI is InChI=1S/C14H20N2O2/c17-13-6-9-16(11-13)8-2-1-5-14(18)12-4-3-7-15-10-12/h3-4,7,10,13,17H,1-2,5-6,8-9,11H2/t13-/m0/s1. The summed E-state index contributed by atoms with van der Waals surface area (Å²) in [6, 6.07) is 3.60. The maximum Gasteiger partial charge on any atom is 0.164 e. The van der Waals surface area contributed by atoms with Crippen LogP contribution in [0.1, 0.15) is 36.0 Å². The van der Waals surface area contributed by atoms with Crippen LogP contribution < -0.4 is 0 Å². The second-order valence-electron chi connectivity index (χ2n) is 4.87. The van der Waals surface area contributed by atoms with Gasteiger partial charge in [0, 0.05) is 37.5 Å². The van der Waals surface area contributed by atoms with Crippen LogP contribution in [0.4, 0.5) is 0 Å². The first-order chi connectivity index (χ1) is 8.75. The van der Waals surface area contributed by atoms with Crippen molar-refractivity contribution in [3.8, 4) is 0 Å². The maximum atomic E-state index is 11.8. The van der Waals surface area contributed by atoms with Crippen LogP contribution >= 0.6 is 0 Å². The summed E-state index contributed by atoms with van der Waals surface area (Å²) in [5.74, 6) is 0.171. The smallest absolute Gasteiger partial charge is 0.164 e. The van der Waals surface area contributed by atoms with Crippen molar-refractivity contribution < 1.29 is 9.90 Å². The largest absolute Gasteiger partial charge is 0.392 e. The molecule has 1 fully saturated rings. The lowest BCUT2D eigenvalue weighted by Crippen LogP contribution is -2.23. The van der Waals surface area contributed by atoms with Gasteiger partial charge in [0.15, 0.2) is 5.78 Å². The maximum absolute atomic E-state index is 11.8. The van der Waals surface area contributed by atoms with Crippen LogP contribution in [0, 0.1) is 0 Å². The number of hydrogen-bond donors (Lipinski definition) is 1. The fourth-order valence-electron chi connectivity index (χ4n) is 2.31. The first kappa shape index (κ1) is 13.2. The van der Waals surface area contributed by atoms with E-state index in [4.69, 9.17) is 0 Å². The third-order valence-electron chi connectivity index (χ3n) is 3.36. The zero-order chi connectivity index (χ0) is 12.8. The predicted octanol–water partition coefficient (Wildman–Crippen LogP) is 1.50. The first-order valence-electron chi connectivity index (χ1n) is 6.59. The average Bonchev–Trinajstić information content (AvgIpc) is 2.81. The van der Waals surface area contributed by atoms with Gasteiger partial charge in [-0.15, -0.1) is 0 Å². The number of aliphatic hydroxyl groups is 1. The minimum Gasteiger partial charge on any atom is -0.392 e. The molecule has 0 amide bonds. The van der Waals surface area contributed by atoms with E-state index in [0.717, 1.165) is 38.9 Å². The molecule has 1 aromatic heterocycles. The summed E-state index contributed by atoms with van der Waals surface area (Å²) in [4.78, 5) is 18.0. The van der Waals surface area contributed by atoms with Crippen LogP contribution in [0.25, 0.3) is 0 Å². The number of likely N-dealkylation sites (tertiary alicyclic amines) is 1. The van der Waals surface area contributed by atoms with Gasteiger partial charge in [-0.25, -0.2) is 0 Å². The molecule has 1 N–H and O–H groups in total. The summed E-state index contributed by atoms with van der Waals surface area (Å²) >= 11 is 0. The van der Waals surface area contributed by atoms with E-state index in [9.17, 15) is 9.90 Å². The molecule has 1 saturated heterocycles. The third-order valence-corrected chi connectivity index (χ3v) is 3.36. The van der Waals surface area contributed by atoms with Gasteiger partial charge in [0.1, 0.15) is 0 Å². The number of hydrogen-bond acceptors (Lipinski definition) is 4. The van der Waals surface area contributed by atoms with Crippen molar-refractivity contribution in [1.82, 2.24) is 9.88 Å². The number of β-amino-alcohol motifs (C(OH)–C–C–N with tert-alkyl or cyclic N) is 1. The number of Topliss-reactive ketones (excluding diaryl/α,β-unsaturated/α-hetero) is 1. The summed E-state index contributed by atoms with van der Waals surface area (Å²) in [6.07, 6.45) is 6.53. The van der Waals surface area contributed by atoms with Crippen LogP contribution in [0.3, 0.4) is 0 Å². The highest BCUT2D eigenvalue weighted by Crippen LogP contribution is 2.11. The molecule has 1 aliphatic heterocycles. The normalized spacial score (nSPS) is 20.2. The van der Waals surface area contributed by atoms with Crippen molar-refractivity contribution in [3.05, 3.63) is 30.1 Å². The van der Waals surface area contributed by atoms with E-state index in [1.165, 1.54) is 0 Å². The Morgan fingerprint density at radius 1 is 1.50 bits per heavy atom. The Bertz CT molecular complexity index is 381. The average molecular weight is 248 g/mol. The fraction of sp³-hybridized carbons (Fsp3) is 0.571. The van der Waals surface area contributed by atoms with Crippen molar-refractivity contribution in [3.63, 3.8) is 0 Å². The molecule has 4 heteroatoms. The number of carbonyl (C=O) groups is 1. The Labute approximate surface area is 108 Å². The minimum absolute atomic E-state index is 0.151. The molecule has 0 spiro atoms. The molecule has 18 heavy (non-hydrogen) atoms. The molecule has 98 valence electrons. The Morgan fingerprint density at radius 2 is 2.39 bits per heavy atom. The summed E-state index contributed by atoms with van der Waals surface area (Å²) < 4.78 is 0. The van der Waals surface area contributed by atoms with Gasteiger partial charge in [0.05, 0.1) is 6.10 Å². The lowest BCUT2D eigenvalue weighted by atomic mass is 10.1. The number of ketones is 1. The van der Waals surface area contributed by atoms with E-state index < -0.39 is 0 Å². The monoisotopic (exact) mass is 248 g/mol. The second kappa shape index (κ2) is 6.61. The van der Waals surface area contributed by atoms with Gasteiger partial charge < -0.3 is 10.0 Å². The molecule has 0 aromatic carbocycles. The molecule has 0 unspecified atom stereocenters. The van der Waals surface area contributed by atoms with Gasteiger partial charge in [-0.05, 0) is 37.9 Å². The Kier molecular flexibility index (Phi) is 4.84. The number of aliphatic hydroxyl groups excluding tert-OH is 1. The molecular weight excluding hydrogens is 228 g/mol. The highest BCUT2D eigenvalue weighted by atomic mass is 16.3. The lowest BCUT2D eigenvalue weighted by Gasteiger charge is -2.13. The highest BCUT2D eigenvalue weighted by Gasteiger charge is 2.19. The fourth-order valence-corrected chi connectivity index (χ4v) is 2.31. The molecule has 2 rings (SSSR count). The molecule has 1 atom stereocenters. The quantitative estimate of drug-likeness (QED) is 0.612. The minimum atomic E-state index is -0.151. The van der Waals surface area contributed by atoms with E-state index in [1.807, 2.05) is 6.07 Å². The predicted molar refractivity (Wildman–Crippen MR) is 69.5 cm³/mol. The molecule has 2 heterocycles. The molecule has 1 aliphatic rings. The summed E-state index contributed by atoms with van der Waals surface area (Å²) in [5.41, 5.74) is 0.703. The zero-order valence-electron chi connectivity index (χ0n) is 10.6. The van der Waals surface area contributed by atoms with Gasteiger partial charge in [-0.3, -0.25) is 9.78 Å².